The summed E-state index contributed by atoms with van der Waals surface area (Å²) in [7, 11) is 4.16. The Morgan fingerprint density at radius 3 is 2.60 bits per heavy atom. The number of halogens is 1. The molecule has 2 heterocycles. The number of nitrogens with one attached hydrogen (secondary N) is 1. The van der Waals surface area contributed by atoms with Crippen LogP contribution in [0.3, 0.4) is 0 Å². The van der Waals surface area contributed by atoms with Gasteiger partial charge in [-0.05, 0) is 143 Å². The molecule has 1 unspecified atom stereocenters. The second-order valence-corrected chi connectivity index (χ2v) is 16.3. The summed E-state index contributed by atoms with van der Waals surface area (Å²) < 4.78 is 19.4. The van der Waals surface area contributed by atoms with Gasteiger partial charge in [-0.3, -0.25) is 4.98 Å². The van der Waals surface area contributed by atoms with Gasteiger partial charge in [0.25, 0.3) is 0 Å². The number of carbonyl (C=O) groups is 1. The second kappa shape index (κ2) is 14.3. The summed E-state index contributed by atoms with van der Waals surface area (Å²) in [5.41, 5.74) is 4.58. The van der Waals surface area contributed by atoms with E-state index in [2.05, 4.69) is 55.3 Å². The summed E-state index contributed by atoms with van der Waals surface area (Å²) in [6.07, 6.45) is 9.72. The van der Waals surface area contributed by atoms with Crippen LogP contribution in [-0.2, 0) is 23.1 Å². The van der Waals surface area contributed by atoms with E-state index in [0.717, 1.165) is 61.6 Å². The highest BCUT2D eigenvalue weighted by Crippen LogP contribution is 2.58. The average Bonchev–Trinajstić information content (AvgIpc) is 3.21. The highest BCUT2D eigenvalue weighted by atomic mass is 35.5. The predicted octanol–water partition coefficient (Wildman–Crippen LogP) is 8.15. The number of aryl methyl sites for hydroxylation is 1. The molecule has 1 fully saturated rings. The van der Waals surface area contributed by atoms with Gasteiger partial charge in [-0.2, -0.15) is 0 Å². The normalized spacial score (nSPS) is 27.7. The van der Waals surface area contributed by atoms with Crippen molar-refractivity contribution in [3.63, 3.8) is 0 Å². The van der Waals surface area contributed by atoms with Gasteiger partial charge in [0, 0.05) is 40.6 Å². The van der Waals surface area contributed by atoms with Crippen LogP contribution >= 0.6 is 11.6 Å². The Kier molecular flexibility index (Phi) is 9.97. The molecule has 3 aromatic rings. The minimum absolute atomic E-state index is 0.170. The molecule has 0 bridgehead atoms. The Morgan fingerprint density at radius 2 is 1.88 bits per heavy atom. The van der Waals surface area contributed by atoms with Gasteiger partial charge in [0.2, 0.25) is 0 Å². The van der Waals surface area contributed by atoms with E-state index in [1.54, 1.807) is 0 Å². The highest BCUT2D eigenvalue weighted by molar-refractivity contribution is 6.30. The Balaban J connectivity index is 1.15. The summed E-state index contributed by atoms with van der Waals surface area (Å²) >= 11 is 6.29. The highest BCUT2D eigenvalue weighted by Gasteiger charge is 2.54. The maximum absolute atomic E-state index is 13.0. The second-order valence-electron chi connectivity index (χ2n) is 15.9. The van der Waals surface area contributed by atoms with Gasteiger partial charge in [-0.15, -0.1) is 0 Å². The Morgan fingerprint density at radius 1 is 1.12 bits per heavy atom. The van der Waals surface area contributed by atoms with E-state index in [9.17, 15) is 9.90 Å². The van der Waals surface area contributed by atoms with E-state index in [1.165, 1.54) is 35.2 Å². The lowest BCUT2D eigenvalue weighted by Crippen LogP contribution is -2.53. The van der Waals surface area contributed by atoms with Crippen LogP contribution in [0, 0.1) is 17.8 Å². The zero-order chi connectivity index (χ0) is 35.0. The van der Waals surface area contributed by atoms with Gasteiger partial charge < -0.3 is 29.5 Å². The van der Waals surface area contributed by atoms with Gasteiger partial charge in [0.05, 0.1) is 19.8 Å². The lowest BCUT2D eigenvalue weighted by molar-refractivity contribution is -0.144. The number of hydrogen-bond donors (Lipinski definition) is 2. The molecule has 1 spiro atoms. The minimum atomic E-state index is -1.07. The molecule has 0 amide bonds. The van der Waals surface area contributed by atoms with Crippen LogP contribution in [0.25, 0.3) is 0 Å². The number of aromatic nitrogens is 1. The summed E-state index contributed by atoms with van der Waals surface area (Å²) in [6, 6.07) is 13.9. The molecule has 2 aromatic carbocycles. The van der Waals surface area contributed by atoms with Gasteiger partial charge in [0.1, 0.15) is 11.3 Å². The molecule has 50 heavy (non-hydrogen) atoms. The Hall–Kier alpha value is -3.49. The van der Waals surface area contributed by atoms with E-state index in [-0.39, 0.29) is 11.3 Å². The van der Waals surface area contributed by atoms with Crippen LogP contribution in [0.4, 0.5) is 5.69 Å². The number of carboxylic acid groups (broad SMARTS) is 1. The SMILES string of the molecule is C[C@@H](COc1ccnc2c1[C@H](C)CCC2)C[C@H]1Cc2cc3c(cc2C12CCC(Nc1cccc(Cl)c1)(C(=O)O)CC2)OCC(CN(C)C)CO3. The van der Waals surface area contributed by atoms with Crippen molar-refractivity contribution in [1.29, 1.82) is 0 Å². The molecule has 0 saturated heterocycles. The maximum Gasteiger partial charge on any atom is 0.329 e. The topological polar surface area (TPSA) is 93.2 Å². The third kappa shape index (κ3) is 6.90. The van der Waals surface area contributed by atoms with Gasteiger partial charge in [-0.25, -0.2) is 4.79 Å². The summed E-state index contributed by atoms with van der Waals surface area (Å²) in [5, 5.41) is 14.7. The molecule has 1 saturated carbocycles. The third-order valence-electron chi connectivity index (χ3n) is 11.9. The van der Waals surface area contributed by atoms with Gasteiger partial charge in [-0.1, -0.05) is 31.5 Å². The third-order valence-corrected chi connectivity index (χ3v) is 12.2. The molecule has 0 radical (unpaired) electrons. The van der Waals surface area contributed by atoms with E-state index < -0.39 is 11.5 Å². The maximum atomic E-state index is 13.0. The van der Waals surface area contributed by atoms with Crippen LogP contribution < -0.4 is 19.5 Å². The van der Waals surface area contributed by atoms with Gasteiger partial charge in [0.15, 0.2) is 11.5 Å². The van der Waals surface area contributed by atoms with Crippen LogP contribution in [0.1, 0.15) is 87.1 Å². The van der Waals surface area contributed by atoms with Crippen molar-refractivity contribution in [1.82, 2.24) is 9.88 Å². The molecule has 1 aromatic heterocycles. The molecule has 2 N–H and O–H groups in total. The van der Waals surface area contributed by atoms with E-state index in [4.69, 9.17) is 25.8 Å². The minimum Gasteiger partial charge on any atom is -0.493 e. The van der Waals surface area contributed by atoms with Crippen molar-refractivity contribution in [3.05, 3.63) is 76.1 Å². The monoisotopic (exact) mass is 701 g/mol. The standard InChI is InChI=1S/C41H52ClN3O5/c1-26(23-48-35-11-16-43-34-10-5-7-27(2)38(34)35)17-30-18-29-19-36-37(50-25-28(24-49-36)22-45(3)4)21-33(29)40(30)12-14-41(15-13-40,39(46)47)44-32-9-6-8-31(42)20-32/h6,8-9,11,16,19-21,26-28,30,44H,5,7,10,12-15,17-18,22-25H2,1-4H3,(H,46,47)/t26-,27-,28?,30+,40?,41?/m1/s1. The first-order valence-corrected chi connectivity index (χ1v) is 18.9. The molecule has 3 aliphatic carbocycles. The summed E-state index contributed by atoms with van der Waals surface area (Å²) in [5.74, 6) is 3.20. The first-order chi connectivity index (χ1) is 24.0. The predicted molar refractivity (Wildman–Crippen MR) is 197 cm³/mol. The molecule has 7 rings (SSSR count). The molecule has 1 aliphatic heterocycles. The molecule has 268 valence electrons. The van der Waals surface area contributed by atoms with Gasteiger partial charge >= 0.3 is 5.97 Å². The number of nitrogens with zero attached hydrogens (tertiary/aromatic N) is 2. The zero-order valence-electron chi connectivity index (χ0n) is 30.0. The van der Waals surface area contributed by atoms with E-state index >= 15 is 0 Å². The molecule has 9 heteroatoms. The van der Waals surface area contributed by atoms with Crippen LogP contribution in [0.2, 0.25) is 5.02 Å². The fourth-order valence-corrected chi connectivity index (χ4v) is 9.62. The van der Waals surface area contributed by atoms with Crippen molar-refractivity contribution in [2.45, 2.75) is 88.5 Å². The number of benzene rings is 2. The van der Waals surface area contributed by atoms with Crippen molar-refractivity contribution in [2.24, 2.45) is 17.8 Å². The fourth-order valence-electron chi connectivity index (χ4n) is 9.42. The largest absolute Gasteiger partial charge is 0.493 e. The Labute approximate surface area is 301 Å². The number of rotatable bonds is 10. The van der Waals surface area contributed by atoms with Crippen LogP contribution in [0.5, 0.6) is 17.2 Å². The van der Waals surface area contributed by atoms with E-state index in [0.29, 0.717) is 55.4 Å². The summed E-state index contributed by atoms with van der Waals surface area (Å²) in [4.78, 5) is 19.9. The number of hydrogen-bond acceptors (Lipinski definition) is 7. The molecule has 4 atom stereocenters. The van der Waals surface area contributed by atoms with Crippen molar-refractivity contribution in [2.75, 3.05) is 45.8 Å². The van der Waals surface area contributed by atoms with Crippen LogP contribution in [0.15, 0.2) is 48.7 Å². The Bertz CT molecular complexity index is 1700. The molecule has 8 nitrogen and oxygen atoms in total. The van der Waals surface area contributed by atoms with Crippen molar-refractivity contribution < 1.29 is 24.1 Å². The molecular formula is C41H52ClN3O5. The van der Waals surface area contributed by atoms with Crippen molar-refractivity contribution >= 4 is 23.3 Å². The number of aliphatic carboxylic acids is 1. The lowest BCUT2D eigenvalue weighted by Gasteiger charge is -2.47. The zero-order valence-corrected chi connectivity index (χ0v) is 30.7. The van der Waals surface area contributed by atoms with E-state index in [1.807, 2.05) is 36.5 Å². The molecular weight excluding hydrogens is 650 g/mol. The number of ether oxygens (including phenoxy) is 3. The number of pyridine rings is 1. The van der Waals surface area contributed by atoms with Crippen LogP contribution in [-0.4, -0.2) is 67.0 Å². The first-order valence-electron chi connectivity index (χ1n) is 18.5. The first kappa shape index (κ1) is 34.9. The average molecular weight is 702 g/mol. The fraction of sp³-hybridized carbons (Fsp3) is 0.561. The number of carboxylic acids is 1. The lowest BCUT2D eigenvalue weighted by atomic mass is 9.59. The number of anilines is 1. The molecule has 4 aliphatic rings. The smallest absolute Gasteiger partial charge is 0.329 e. The quantitative estimate of drug-likeness (QED) is 0.219. The van der Waals surface area contributed by atoms with Crippen molar-refractivity contribution in [3.8, 4) is 17.2 Å². The summed E-state index contributed by atoms with van der Waals surface area (Å²) in [6.45, 7) is 7.35. The number of fused-ring (bicyclic) bond motifs is 4.